The number of carboxylic acid groups (broad SMARTS) is 1. The molecule has 1 atom stereocenters. The van der Waals surface area contributed by atoms with Crippen molar-refractivity contribution in [3.63, 3.8) is 0 Å². The summed E-state index contributed by atoms with van der Waals surface area (Å²) in [5.74, 6) is -1.11. The van der Waals surface area contributed by atoms with Crippen LogP contribution in [0.4, 0.5) is 0 Å². The van der Waals surface area contributed by atoms with Crippen molar-refractivity contribution in [2.45, 2.75) is 45.3 Å². The number of carbonyl (C=O) groups is 2. The number of aliphatic hydroxyl groups is 1. The molecule has 0 aromatic heterocycles. The second-order valence-corrected chi connectivity index (χ2v) is 5.00. The van der Waals surface area contributed by atoms with Crippen molar-refractivity contribution in [2.24, 2.45) is 0 Å². The molecule has 1 unspecified atom stereocenters. The number of carbonyl (C=O) groups excluding carboxylic acids is 1. The molecule has 0 spiro atoms. The Balaban J connectivity index is 3.58. The van der Waals surface area contributed by atoms with Crippen molar-refractivity contribution in [2.75, 3.05) is 13.1 Å². The van der Waals surface area contributed by atoms with E-state index in [1.807, 2.05) is 20.8 Å². The van der Waals surface area contributed by atoms with Crippen LogP contribution in [0.3, 0.4) is 0 Å². The maximum absolute atomic E-state index is 11.4. The van der Waals surface area contributed by atoms with Gasteiger partial charge in [-0.25, -0.2) is 0 Å². The molecule has 17 heavy (non-hydrogen) atoms. The van der Waals surface area contributed by atoms with Crippen LogP contribution in [0.25, 0.3) is 0 Å². The monoisotopic (exact) mass is 246 g/mol. The first-order valence-electron chi connectivity index (χ1n) is 5.62. The quantitative estimate of drug-likeness (QED) is 0.463. The third kappa shape index (κ3) is 11.1. The molecule has 0 fully saturated rings. The smallest absolute Gasteiger partial charge is 0.306 e. The van der Waals surface area contributed by atoms with Gasteiger partial charge >= 0.3 is 5.97 Å². The summed E-state index contributed by atoms with van der Waals surface area (Å²) in [5, 5.41) is 23.3. The van der Waals surface area contributed by atoms with Gasteiger partial charge in [-0.05, 0) is 20.8 Å². The normalized spacial score (nSPS) is 13.2. The molecule has 0 saturated heterocycles. The number of carboxylic acids is 1. The first kappa shape index (κ1) is 15.9. The van der Waals surface area contributed by atoms with Crippen molar-refractivity contribution in [1.82, 2.24) is 10.6 Å². The molecule has 1 amide bonds. The lowest BCUT2D eigenvalue weighted by atomic mass is 10.1. The largest absolute Gasteiger partial charge is 0.481 e. The number of hydrogen-bond acceptors (Lipinski definition) is 4. The van der Waals surface area contributed by atoms with Crippen molar-refractivity contribution < 1.29 is 19.8 Å². The van der Waals surface area contributed by atoms with Gasteiger partial charge in [0, 0.05) is 25.0 Å². The molecule has 0 aliphatic carbocycles. The Bertz CT molecular complexity index is 261. The minimum Gasteiger partial charge on any atom is -0.481 e. The molecule has 0 aromatic rings. The van der Waals surface area contributed by atoms with Gasteiger partial charge in [0.25, 0.3) is 0 Å². The highest BCUT2D eigenvalue weighted by Gasteiger charge is 2.13. The minimum absolute atomic E-state index is 0.0716. The zero-order valence-electron chi connectivity index (χ0n) is 10.6. The maximum atomic E-state index is 11.4. The first-order chi connectivity index (χ1) is 7.70. The summed E-state index contributed by atoms with van der Waals surface area (Å²) >= 11 is 0. The molecule has 0 rings (SSSR count). The van der Waals surface area contributed by atoms with E-state index in [1.54, 1.807) is 0 Å². The van der Waals surface area contributed by atoms with Gasteiger partial charge in [0.15, 0.2) is 0 Å². The van der Waals surface area contributed by atoms with E-state index in [0.29, 0.717) is 13.0 Å². The fourth-order valence-corrected chi connectivity index (χ4v) is 1.23. The van der Waals surface area contributed by atoms with Crippen LogP contribution in [0.2, 0.25) is 0 Å². The molecule has 0 bridgehead atoms. The summed E-state index contributed by atoms with van der Waals surface area (Å²) in [5.41, 5.74) is -0.250. The molecule has 4 N–H and O–H groups in total. The van der Waals surface area contributed by atoms with Crippen LogP contribution in [0.5, 0.6) is 0 Å². The van der Waals surface area contributed by atoms with E-state index in [-0.39, 0.29) is 24.4 Å². The predicted octanol–water partition coefficient (Wildman–Crippen LogP) is -0.284. The van der Waals surface area contributed by atoms with Crippen LogP contribution in [0.15, 0.2) is 0 Å². The van der Waals surface area contributed by atoms with Gasteiger partial charge in [-0.1, -0.05) is 0 Å². The summed E-state index contributed by atoms with van der Waals surface area (Å²) in [7, 11) is 0. The lowest BCUT2D eigenvalue weighted by molar-refractivity contribution is -0.139. The van der Waals surface area contributed by atoms with E-state index in [9.17, 15) is 14.7 Å². The SMILES string of the molecule is CC(C)(C)NC(=O)CCNCC(O)CC(=O)O. The van der Waals surface area contributed by atoms with Crippen LogP contribution in [0, 0.1) is 0 Å². The number of aliphatic hydroxyl groups excluding tert-OH is 1. The molecule has 6 nitrogen and oxygen atoms in total. The Labute approximate surface area is 101 Å². The van der Waals surface area contributed by atoms with Gasteiger partial charge in [0.2, 0.25) is 5.91 Å². The van der Waals surface area contributed by atoms with E-state index in [1.165, 1.54) is 0 Å². The number of hydrogen-bond donors (Lipinski definition) is 4. The topological polar surface area (TPSA) is 98.7 Å². The Morgan fingerprint density at radius 1 is 1.29 bits per heavy atom. The van der Waals surface area contributed by atoms with Gasteiger partial charge in [0.05, 0.1) is 12.5 Å². The van der Waals surface area contributed by atoms with Gasteiger partial charge in [0.1, 0.15) is 0 Å². The summed E-state index contributed by atoms with van der Waals surface area (Å²) in [4.78, 5) is 21.6. The van der Waals surface area contributed by atoms with E-state index in [2.05, 4.69) is 10.6 Å². The van der Waals surface area contributed by atoms with Crippen LogP contribution < -0.4 is 10.6 Å². The summed E-state index contributed by atoms with van der Waals surface area (Å²) in [6, 6.07) is 0. The molecular weight excluding hydrogens is 224 g/mol. The standard InChI is InChI=1S/C11H22N2O4/c1-11(2,3)13-9(15)4-5-12-7-8(14)6-10(16)17/h8,12,14H,4-7H2,1-3H3,(H,13,15)(H,16,17). The number of rotatable bonds is 7. The maximum Gasteiger partial charge on any atom is 0.306 e. The summed E-state index contributed by atoms with van der Waals surface area (Å²) < 4.78 is 0. The van der Waals surface area contributed by atoms with E-state index in [0.717, 1.165) is 0 Å². The van der Waals surface area contributed by atoms with Crippen molar-refractivity contribution in [1.29, 1.82) is 0 Å². The zero-order chi connectivity index (χ0) is 13.5. The van der Waals surface area contributed by atoms with Crippen LogP contribution in [-0.2, 0) is 9.59 Å². The average Bonchev–Trinajstić information content (AvgIpc) is 2.08. The fourth-order valence-electron chi connectivity index (χ4n) is 1.23. The Kier molecular flexibility index (Phi) is 6.75. The third-order valence-corrected chi connectivity index (χ3v) is 1.83. The minimum atomic E-state index is -1.04. The first-order valence-corrected chi connectivity index (χ1v) is 5.62. The number of amides is 1. The van der Waals surface area contributed by atoms with Gasteiger partial charge < -0.3 is 20.8 Å². The molecule has 0 aromatic carbocycles. The Morgan fingerprint density at radius 2 is 1.88 bits per heavy atom. The Hall–Kier alpha value is -1.14. The van der Waals surface area contributed by atoms with Crippen LogP contribution in [-0.4, -0.2) is 46.8 Å². The van der Waals surface area contributed by atoms with Gasteiger partial charge in [-0.15, -0.1) is 0 Å². The third-order valence-electron chi connectivity index (χ3n) is 1.83. The lowest BCUT2D eigenvalue weighted by Crippen LogP contribution is -2.42. The molecule has 100 valence electrons. The highest BCUT2D eigenvalue weighted by atomic mass is 16.4. The molecule has 0 radical (unpaired) electrons. The van der Waals surface area contributed by atoms with Crippen LogP contribution in [0.1, 0.15) is 33.6 Å². The molecule has 6 heteroatoms. The Morgan fingerprint density at radius 3 is 2.35 bits per heavy atom. The van der Waals surface area contributed by atoms with Crippen molar-refractivity contribution >= 4 is 11.9 Å². The molecule has 0 heterocycles. The molecule has 0 aliphatic heterocycles. The second kappa shape index (κ2) is 7.24. The average molecular weight is 246 g/mol. The lowest BCUT2D eigenvalue weighted by Gasteiger charge is -2.20. The molecule has 0 saturated carbocycles. The highest BCUT2D eigenvalue weighted by Crippen LogP contribution is 1.98. The van der Waals surface area contributed by atoms with Gasteiger partial charge in [-0.2, -0.15) is 0 Å². The molecular formula is C11H22N2O4. The fraction of sp³-hybridized carbons (Fsp3) is 0.818. The van der Waals surface area contributed by atoms with Crippen molar-refractivity contribution in [3.05, 3.63) is 0 Å². The molecule has 0 aliphatic rings. The van der Waals surface area contributed by atoms with Crippen LogP contribution >= 0.6 is 0 Å². The summed E-state index contributed by atoms with van der Waals surface area (Å²) in [6.45, 7) is 6.28. The van der Waals surface area contributed by atoms with E-state index in [4.69, 9.17) is 5.11 Å². The number of nitrogens with one attached hydrogen (secondary N) is 2. The second-order valence-electron chi connectivity index (χ2n) is 5.00. The van der Waals surface area contributed by atoms with Gasteiger partial charge in [-0.3, -0.25) is 9.59 Å². The van der Waals surface area contributed by atoms with E-state index >= 15 is 0 Å². The van der Waals surface area contributed by atoms with E-state index < -0.39 is 12.1 Å². The summed E-state index contributed by atoms with van der Waals surface area (Å²) in [6.07, 6.45) is -0.906. The van der Waals surface area contributed by atoms with Crippen molar-refractivity contribution in [3.8, 4) is 0 Å². The predicted molar refractivity (Wildman–Crippen MR) is 63.6 cm³/mol. The number of aliphatic carboxylic acids is 1. The zero-order valence-corrected chi connectivity index (χ0v) is 10.6. The highest BCUT2D eigenvalue weighted by molar-refractivity contribution is 5.76.